The minimum Gasteiger partial charge on any atom is -0.459 e. The van der Waals surface area contributed by atoms with Crippen LogP contribution in [0, 0.1) is 10.1 Å². The average Bonchev–Trinajstić information content (AvgIpc) is 3.10. The Balaban J connectivity index is 1.56. The van der Waals surface area contributed by atoms with Gasteiger partial charge in [0.2, 0.25) is 0 Å². The fraction of sp³-hybridized carbons (Fsp3) is 0.158. The van der Waals surface area contributed by atoms with Crippen molar-refractivity contribution < 1.29 is 23.7 Å². The van der Waals surface area contributed by atoms with Gasteiger partial charge in [0.1, 0.15) is 11.3 Å². The van der Waals surface area contributed by atoms with Gasteiger partial charge in [0.25, 0.3) is 11.6 Å². The number of nitro benzene ring substituents is 1. The van der Waals surface area contributed by atoms with Crippen LogP contribution >= 0.6 is 0 Å². The Morgan fingerprint density at radius 1 is 1.19 bits per heavy atom. The minimum absolute atomic E-state index is 0.00216. The Hall–Kier alpha value is -3.68. The molecule has 0 aliphatic carbocycles. The molecule has 1 aromatic heterocycles. The fourth-order valence-electron chi connectivity index (χ4n) is 2.53. The van der Waals surface area contributed by atoms with Gasteiger partial charge in [-0.15, -0.1) is 0 Å². The number of ether oxygens (including phenoxy) is 1. The molecule has 3 aromatic rings. The van der Waals surface area contributed by atoms with E-state index in [0.717, 1.165) is 11.5 Å². The second kappa shape index (κ2) is 7.69. The SMILES string of the molecule is C[C@H](NC(=O)COC(=O)c1cccc([N+](=O)[O-])c1)c1cc2ccccc2o1. The summed E-state index contributed by atoms with van der Waals surface area (Å²) in [6.07, 6.45) is 0. The first kappa shape index (κ1) is 18.1. The van der Waals surface area contributed by atoms with Gasteiger partial charge >= 0.3 is 5.97 Å². The zero-order valence-electron chi connectivity index (χ0n) is 14.4. The Labute approximate surface area is 153 Å². The van der Waals surface area contributed by atoms with E-state index in [-0.39, 0.29) is 11.3 Å². The summed E-state index contributed by atoms with van der Waals surface area (Å²) >= 11 is 0. The van der Waals surface area contributed by atoms with Crippen molar-refractivity contribution in [2.24, 2.45) is 0 Å². The van der Waals surface area contributed by atoms with Gasteiger partial charge in [-0.25, -0.2) is 4.79 Å². The lowest BCUT2D eigenvalue weighted by Gasteiger charge is -2.11. The topological polar surface area (TPSA) is 112 Å². The lowest BCUT2D eigenvalue weighted by atomic mass is 10.2. The molecule has 8 heteroatoms. The van der Waals surface area contributed by atoms with Gasteiger partial charge in [-0.1, -0.05) is 24.3 Å². The molecule has 0 spiro atoms. The normalized spacial score (nSPS) is 11.7. The third-order valence-electron chi connectivity index (χ3n) is 3.88. The highest BCUT2D eigenvalue weighted by molar-refractivity contribution is 5.92. The highest BCUT2D eigenvalue weighted by Crippen LogP contribution is 2.23. The van der Waals surface area contributed by atoms with Crippen LogP contribution < -0.4 is 5.32 Å². The van der Waals surface area contributed by atoms with E-state index in [4.69, 9.17) is 9.15 Å². The van der Waals surface area contributed by atoms with Gasteiger partial charge in [0, 0.05) is 17.5 Å². The largest absolute Gasteiger partial charge is 0.459 e. The Bertz CT molecular complexity index is 977. The highest BCUT2D eigenvalue weighted by atomic mass is 16.6. The molecule has 0 unspecified atom stereocenters. The van der Waals surface area contributed by atoms with Crippen LogP contribution in [0.25, 0.3) is 11.0 Å². The summed E-state index contributed by atoms with van der Waals surface area (Å²) in [6, 6.07) is 14.0. The number of nitrogens with zero attached hydrogens (tertiary/aromatic N) is 1. The highest BCUT2D eigenvalue weighted by Gasteiger charge is 2.17. The Morgan fingerprint density at radius 3 is 2.70 bits per heavy atom. The van der Waals surface area contributed by atoms with Gasteiger partial charge in [0.15, 0.2) is 6.61 Å². The number of benzene rings is 2. The zero-order valence-corrected chi connectivity index (χ0v) is 14.4. The van der Waals surface area contributed by atoms with Crippen molar-refractivity contribution in [1.82, 2.24) is 5.32 Å². The predicted octanol–water partition coefficient (Wildman–Crippen LogP) is 3.38. The maximum atomic E-state index is 12.0. The average molecular weight is 368 g/mol. The number of carbonyl (C=O) groups is 2. The molecule has 1 heterocycles. The first-order valence-corrected chi connectivity index (χ1v) is 8.13. The van der Waals surface area contributed by atoms with Gasteiger partial charge in [0.05, 0.1) is 16.5 Å². The smallest absolute Gasteiger partial charge is 0.338 e. The van der Waals surface area contributed by atoms with E-state index in [1.807, 2.05) is 30.3 Å². The number of hydrogen-bond donors (Lipinski definition) is 1. The molecule has 0 bridgehead atoms. The van der Waals surface area contributed by atoms with Gasteiger partial charge in [-0.3, -0.25) is 14.9 Å². The zero-order chi connectivity index (χ0) is 19.4. The van der Waals surface area contributed by atoms with Crippen LogP contribution in [0.2, 0.25) is 0 Å². The number of non-ortho nitro benzene ring substituents is 1. The molecule has 1 amide bonds. The lowest BCUT2D eigenvalue weighted by molar-refractivity contribution is -0.384. The van der Waals surface area contributed by atoms with E-state index < -0.39 is 29.4 Å². The molecule has 138 valence electrons. The fourth-order valence-corrected chi connectivity index (χ4v) is 2.53. The molecule has 27 heavy (non-hydrogen) atoms. The Morgan fingerprint density at radius 2 is 1.96 bits per heavy atom. The van der Waals surface area contributed by atoms with Gasteiger partial charge in [-0.2, -0.15) is 0 Å². The number of nitrogens with one attached hydrogen (secondary N) is 1. The number of hydrogen-bond acceptors (Lipinski definition) is 6. The van der Waals surface area contributed by atoms with Crippen molar-refractivity contribution in [3.63, 3.8) is 0 Å². The van der Waals surface area contributed by atoms with Crippen LogP contribution in [-0.4, -0.2) is 23.4 Å². The third-order valence-corrected chi connectivity index (χ3v) is 3.88. The van der Waals surface area contributed by atoms with Crippen LogP contribution in [0.3, 0.4) is 0 Å². The molecule has 3 rings (SSSR count). The van der Waals surface area contributed by atoms with Gasteiger partial charge < -0.3 is 14.5 Å². The molecule has 1 atom stereocenters. The third kappa shape index (κ3) is 4.30. The summed E-state index contributed by atoms with van der Waals surface area (Å²) in [5.41, 5.74) is 0.487. The number of furan rings is 1. The van der Waals surface area contributed by atoms with E-state index in [1.165, 1.54) is 18.2 Å². The molecule has 0 saturated heterocycles. The van der Waals surface area contributed by atoms with E-state index in [0.29, 0.717) is 11.3 Å². The Kier molecular flexibility index (Phi) is 5.16. The number of amides is 1. The summed E-state index contributed by atoms with van der Waals surface area (Å²) in [5.74, 6) is -0.749. The number of nitro groups is 1. The maximum Gasteiger partial charge on any atom is 0.338 e. The minimum atomic E-state index is -0.815. The van der Waals surface area contributed by atoms with Crippen LogP contribution in [0.15, 0.2) is 59.0 Å². The summed E-state index contributed by atoms with van der Waals surface area (Å²) in [4.78, 5) is 34.1. The van der Waals surface area contributed by atoms with E-state index in [9.17, 15) is 19.7 Å². The quantitative estimate of drug-likeness (QED) is 0.405. The lowest BCUT2D eigenvalue weighted by Crippen LogP contribution is -2.31. The van der Waals surface area contributed by atoms with Crippen LogP contribution in [0.5, 0.6) is 0 Å². The van der Waals surface area contributed by atoms with Gasteiger partial charge in [-0.05, 0) is 25.1 Å². The number of fused-ring (bicyclic) bond motifs is 1. The van der Waals surface area contributed by atoms with Crippen LogP contribution in [0.1, 0.15) is 29.1 Å². The molecule has 0 radical (unpaired) electrons. The predicted molar refractivity (Wildman–Crippen MR) is 96.2 cm³/mol. The summed E-state index contributed by atoms with van der Waals surface area (Å²) in [6.45, 7) is 1.24. The molecule has 2 aromatic carbocycles. The second-order valence-corrected chi connectivity index (χ2v) is 5.86. The molecular weight excluding hydrogens is 352 g/mol. The first-order valence-electron chi connectivity index (χ1n) is 8.13. The van der Waals surface area contributed by atoms with Crippen molar-refractivity contribution in [1.29, 1.82) is 0 Å². The molecule has 0 fully saturated rings. The summed E-state index contributed by atoms with van der Waals surface area (Å²) < 4.78 is 10.6. The molecule has 1 N–H and O–H groups in total. The van der Waals surface area contributed by atoms with Crippen LogP contribution in [-0.2, 0) is 9.53 Å². The van der Waals surface area contributed by atoms with Crippen molar-refractivity contribution in [2.45, 2.75) is 13.0 Å². The first-order chi connectivity index (χ1) is 12.9. The molecule has 8 nitrogen and oxygen atoms in total. The van der Waals surface area contributed by atoms with E-state index in [1.54, 1.807) is 6.92 Å². The number of rotatable bonds is 6. The molecular formula is C19H16N2O6. The maximum absolute atomic E-state index is 12.0. The monoisotopic (exact) mass is 368 g/mol. The molecule has 0 aliphatic heterocycles. The van der Waals surface area contributed by atoms with Crippen molar-refractivity contribution in [3.05, 3.63) is 76.0 Å². The molecule has 0 aliphatic rings. The number of esters is 1. The standard InChI is InChI=1S/C19H16N2O6/c1-12(17-10-13-5-2-3-8-16(13)27-17)20-18(22)11-26-19(23)14-6-4-7-15(9-14)21(24)25/h2-10,12H,11H2,1H3,(H,20,22)/t12-/m0/s1. The van der Waals surface area contributed by atoms with Crippen LogP contribution in [0.4, 0.5) is 5.69 Å². The number of carbonyl (C=O) groups excluding carboxylic acids is 2. The van der Waals surface area contributed by atoms with Crippen molar-refractivity contribution >= 4 is 28.5 Å². The summed E-state index contributed by atoms with van der Waals surface area (Å²) in [5, 5.41) is 14.3. The van der Waals surface area contributed by atoms with Crippen molar-refractivity contribution in [2.75, 3.05) is 6.61 Å². The molecule has 0 saturated carbocycles. The van der Waals surface area contributed by atoms with E-state index >= 15 is 0 Å². The van der Waals surface area contributed by atoms with Crippen molar-refractivity contribution in [3.8, 4) is 0 Å². The van der Waals surface area contributed by atoms with E-state index in [2.05, 4.69) is 5.32 Å². The summed E-state index contributed by atoms with van der Waals surface area (Å²) in [7, 11) is 0. The number of para-hydroxylation sites is 1. The second-order valence-electron chi connectivity index (χ2n) is 5.86.